The smallest absolute Gasteiger partial charge is 0.417 e. The van der Waals surface area contributed by atoms with E-state index in [1.54, 1.807) is 0 Å². The maximum Gasteiger partial charge on any atom is 0.417 e. The molecule has 1 aromatic rings. The van der Waals surface area contributed by atoms with Crippen LogP contribution < -0.4 is 0 Å². The number of aliphatic hydroxyl groups is 1. The van der Waals surface area contributed by atoms with Crippen LogP contribution in [0.5, 0.6) is 0 Å². The fraction of sp³-hybridized carbons (Fsp3) is 0.455. The summed E-state index contributed by atoms with van der Waals surface area (Å²) in [5.41, 5.74) is -0.890. The van der Waals surface area contributed by atoms with Gasteiger partial charge in [-0.05, 0) is 25.5 Å². The number of nitrogens with zero attached hydrogens (tertiary/aromatic N) is 1. The highest BCUT2D eigenvalue weighted by Gasteiger charge is 2.31. The molecular formula is C11H12F3NO3S. The fourth-order valence-corrected chi connectivity index (χ4v) is 2.30. The van der Waals surface area contributed by atoms with Gasteiger partial charge in [0.15, 0.2) is 0 Å². The highest BCUT2D eigenvalue weighted by molar-refractivity contribution is 8.00. The zero-order chi connectivity index (χ0) is 14.6. The molecule has 8 heteroatoms. The lowest BCUT2D eigenvalue weighted by molar-refractivity contribution is -0.138. The monoisotopic (exact) mass is 295 g/mol. The summed E-state index contributed by atoms with van der Waals surface area (Å²) in [6, 6.07) is 1.96. The first-order chi connectivity index (χ1) is 8.70. The summed E-state index contributed by atoms with van der Waals surface area (Å²) < 4.78 is 36.9. The van der Waals surface area contributed by atoms with Gasteiger partial charge in [0, 0.05) is 6.20 Å². The van der Waals surface area contributed by atoms with Gasteiger partial charge >= 0.3 is 12.1 Å². The van der Waals surface area contributed by atoms with Gasteiger partial charge in [-0.2, -0.15) is 13.2 Å². The highest BCUT2D eigenvalue weighted by atomic mass is 32.2. The molecule has 0 aliphatic rings. The molecule has 1 rings (SSSR count). The van der Waals surface area contributed by atoms with Gasteiger partial charge in [-0.1, -0.05) is 11.8 Å². The molecule has 0 spiro atoms. The third-order valence-electron chi connectivity index (χ3n) is 2.16. The van der Waals surface area contributed by atoms with Crippen LogP contribution in [-0.4, -0.2) is 32.5 Å². The van der Waals surface area contributed by atoms with Crippen LogP contribution in [0.3, 0.4) is 0 Å². The van der Waals surface area contributed by atoms with E-state index >= 15 is 0 Å². The molecule has 1 aromatic heterocycles. The molecule has 0 aliphatic carbocycles. The van der Waals surface area contributed by atoms with Crippen molar-refractivity contribution in [2.24, 2.45) is 0 Å². The second-order valence-electron chi connectivity index (χ2n) is 3.91. The third kappa shape index (κ3) is 5.07. The molecule has 0 aliphatic heterocycles. The van der Waals surface area contributed by atoms with Gasteiger partial charge in [-0.15, -0.1) is 0 Å². The summed E-state index contributed by atoms with van der Waals surface area (Å²) >= 11 is 0.806. The molecule has 0 unspecified atom stereocenters. The van der Waals surface area contributed by atoms with Crippen LogP contribution in [0.25, 0.3) is 0 Å². The van der Waals surface area contributed by atoms with Gasteiger partial charge in [0.1, 0.15) is 5.25 Å². The van der Waals surface area contributed by atoms with Gasteiger partial charge in [-0.25, -0.2) is 4.98 Å². The average molecular weight is 295 g/mol. The van der Waals surface area contributed by atoms with Gasteiger partial charge in [0.2, 0.25) is 0 Å². The molecule has 2 N–H and O–H groups in total. The van der Waals surface area contributed by atoms with E-state index in [9.17, 15) is 18.0 Å². The normalized spacial score (nSPS) is 15.0. The Bertz CT molecular complexity index is 434. The van der Waals surface area contributed by atoms with Crippen LogP contribution in [0.1, 0.15) is 18.9 Å². The summed E-state index contributed by atoms with van der Waals surface area (Å²) in [4.78, 5) is 14.5. The van der Waals surface area contributed by atoms with Crippen molar-refractivity contribution in [2.45, 2.75) is 35.9 Å². The van der Waals surface area contributed by atoms with Crippen LogP contribution in [-0.2, 0) is 11.0 Å². The number of hydrogen-bond acceptors (Lipinski definition) is 4. The van der Waals surface area contributed by atoms with Gasteiger partial charge in [0.25, 0.3) is 0 Å². The Morgan fingerprint density at radius 2 is 2.11 bits per heavy atom. The molecule has 0 bridgehead atoms. The number of rotatable bonds is 5. The number of pyridine rings is 1. The van der Waals surface area contributed by atoms with Crippen molar-refractivity contribution in [3.8, 4) is 0 Å². The number of aliphatic carboxylic acids is 1. The first-order valence-corrected chi connectivity index (χ1v) is 6.19. The van der Waals surface area contributed by atoms with Gasteiger partial charge in [0.05, 0.1) is 16.7 Å². The van der Waals surface area contributed by atoms with E-state index in [4.69, 9.17) is 10.2 Å². The number of carboxylic acids is 1. The molecule has 0 aromatic carbocycles. The van der Waals surface area contributed by atoms with Crippen LogP contribution in [0.4, 0.5) is 13.2 Å². The molecule has 4 nitrogen and oxygen atoms in total. The number of hydrogen-bond donors (Lipinski definition) is 2. The average Bonchev–Trinajstić information content (AvgIpc) is 2.27. The quantitative estimate of drug-likeness (QED) is 0.816. The number of thioether (sulfide) groups is 1. The molecule has 0 saturated carbocycles. The minimum Gasteiger partial charge on any atom is -0.480 e. The molecule has 1 heterocycles. The SMILES string of the molecule is C[C@H](O)C[C@@H](Sc1ccc(C(F)(F)F)cn1)C(=O)O. The number of carbonyl (C=O) groups is 1. The third-order valence-corrected chi connectivity index (χ3v) is 3.32. The van der Waals surface area contributed by atoms with Crippen LogP contribution in [0.15, 0.2) is 23.4 Å². The van der Waals surface area contributed by atoms with E-state index in [0.29, 0.717) is 6.20 Å². The minimum absolute atomic E-state index is 0.0112. The topological polar surface area (TPSA) is 70.4 Å². The largest absolute Gasteiger partial charge is 0.480 e. The Labute approximate surface area is 111 Å². The van der Waals surface area contributed by atoms with E-state index in [1.165, 1.54) is 6.92 Å². The zero-order valence-electron chi connectivity index (χ0n) is 9.89. The Hall–Kier alpha value is -1.28. The van der Waals surface area contributed by atoms with Crippen LogP contribution >= 0.6 is 11.8 Å². The van der Waals surface area contributed by atoms with Crippen molar-refractivity contribution < 1.29 is 28.2 Å². The molecule has 0 radical (unpaired) electrons. The molecule has 0 fully saturated rings. The van der Waals surface area contributed by atoms with Gasteiger partial charge < -0.3 is 10.2 Å². The maximum atomic E-state index is 12.3. The number of aromatic nitrogens is 1. The van der Waals surface area contributed by atoms with Crippen molar-refractivity contribution in [3.63, 3.8) is 0 Å². The lowest BCUT2D eigenvalue weighted by Crippen LogP contribution is -2.21. The van der Waals surface area contributed by atoms with E-state index < -0.39 is 29.1 Å². The Morgan fingerprint density at radius 3 is 2.47 bits per heavy atom. The summed E-state index contributed by atoms with van der Waals surface area (Å²) in [7, 11) is 0. The summed E-state index contributed by atoms with van der Waals surface area (Å²) in [6.45, 7) is 1.44. The lowest BCUT2D eigenvalue weighted by Gasteiger charge is -2.13. The molecular weight excluding hydrogens is 283 g/mol. The second kappa shape index (κ2) is 6.25. The Balaban J connectivity index is 2.78. The predicted molar refractivity (Wildman–Crippen MR) is 62.8 cm³/mol. The van der Waals surface area contributed by atoms with Crippen molar-refractivity contribution in [2.75, 3.05) is 0 Å². The lowest BCUT2D eigenvalue weighted by atomic mass is 10.2. The minimum atomic E-state index is -4.47. The number of carboxylic acid groups (broad SMARTS) is 1. The van der Waals surface area contributed by atoms with E-state index in [1.807, 2.05) is 0 Å². The number of aliphatic hydroxyl groups excluding tert-OH is 1. The Kier molecular flexibility index (Phi) is 5.19. The molecule has 19 heavy (non-hydrogen) atoms. The van der Waals surface area contributed by atoms with E-state index in [2.05, 4.69) is 4.98 Å². The van der Waals surface area contributed by atoms with Crippen molar-refractivity contribution in [1.29, 1.82) is 0 Å². The zero-order valence-corrected chi connectivity index (χ0v) is 10.7. The summed E-state index contributed by atoms with van der Waals surface area (Å²) in [5, 5.41) is 17.3. The van der Waals surface area contributed by atoms with Crippen LogP contribution in [0.2, 0.25) is 0 Å². The predicted octanol–water partition coefficient (Wildman–Crippen LogP) is 2.42. The first kappa shape index (κ1) is 15.8. The fourth-order valence-electron chi connectivity index (χ4n) is 1.27. The standard InChI is InChI=1S/C11H12F3NO3S/c1-6(16)4-8(10(17)18)19-9-3-2-7(5-15-9)11(12,13)14/h2-3,5-6,8,16H,4H2,1H3,(H,17,18)/t6-,8+/m0/s1. The molecule has 106 valence electrons. The molecule has 0 saturated heterocycles. The Morgan fingerprint density at radius 1 is 1.47 bits per heavy atom. The first-order valence-electron chi connectivity index (χ1n) is 5.31. The van der Waals surface area contributed by atoms with E-state index in [0.717, 1.165) is 23.9 Å². The molecule has 0 amide bonds. The van der Waals surface area contributed by atoms with Gasteiger partial charge in [-0.3, -0.25) is 4.79 Å². The highest BCUT2D eigenvalue weighted by Crippen LogP contribution is 2.31. The number of alkyl halides is 3. The van der Waals surface area contributed by atoms with Crippen LogP contribution in [0, 0.1) is 0 Å². The van der Waals surface area contributed by atoms with E-state index in [-0.39, 0.29) is 11.4 Å². The summed E-state index contributed by atoms with van der Waals surface area (Å²) in [5.74, 6) is -1.15. The second-order valence-corrected chi connectivity index (χ2v) is 5.14. The maximum absolute atomic E-state index is 12.3. The molecule has 2 atom stereocenters. The number of halogens is 3. The van der Waals surface area contributed by atoms with Crippen molar-refractivity contribution in [1.82, 2.24) is 4.98 Å². The van der Waals surface area contributed by atoms with Crippen molar-refractivity contribution in [3.05, 3.63) is 23.9 Å². The van der Waals surface area contributed by atoms with Crippen molar-refractivity contribution >= 4 is 17.7 Å². The summed E-state index contributed by atoms with van der Waals surface area (Å²) in [6.07, 6.45) is -4.64.